The van der Waals surface area contributed by atoms with Gasteiger partial charge in [0.2, 0.25) is 0 Å². The van der Waals surface area contributed by atoms with E-state index in [4.69, 9.17) is 9.47 Å². The first-order valence-corrected chi connectivity index (χ1v) is 27.7. The molecule has 6 heteroatoms. The van der Waals surface area contributed by atoms with Crippen LogP contribution in [0.5, 0.6) is 0 Å². The molecule has 0 fully saturated rings. The highest BCUT2D eigenvalue weighted by Gasteiger charge is 2.15. The van der Waals surface area contributed by atoms with Gasteiger partial charge in [0.15, 0.2) is 0 Å². The van der Waals surface area contributed by atoms with Gasteiger partial charge in [-0.3, -0.25) is 9.59 Å². The second-order valence-corrected chi connectivity index (χ2v) is 19.3. The van der Waals surface area contributed by atoms with Crippen LogP contribution >= 0.6 is 0 Å². The van der Waals surface area contributed by atoms with Gasteiger partial charge in [-0.15, -0.1) is 0 Å². The van der Waals surface area contributed by atoms with Crippen molar-refractivity contribution in [2.75, 3.05) is 46.4 Å². The molecule has 0 heterocycles. The van der Waals surface area contributed by atoms with Gasteiger partial charge in [-0.1, -0.05) is 220 Å². The van der Waals surface area contributed by atoms with Crippen LogP contribution in [0.3, 0.4) is 0 Å². The summed E-state index contributed by atoms with van der Waals surface area (Å²) in [5, 5.41) is 3.32. The standard InChI is InChI=1S/C55H110N2O4/c1-6-10-14-18-22-24-28-34-42-52(40-32-26-20-16-12-8-3)50-60-54(58)44-36-30-38-47-57(49-46-56-5)48-39-31-37-45-55(59)61-51-53(41-33-27-21-17-13-9-4)43-35-29-25-23-19-15-11-7-2/h52-53,56H,6-51H2,1-5H3. The third-order valence-electron chi connectivity index (χ3n) is 13.2. The molecule has 6 nitrogen and oxygen atoms in total. The zero-order valence-corrected chi connectivity index (χ0v) is 42.3. The van der Waals surface area contributed by atoms with Crippen LogP contribution in [0.25, 0.3) is 0 Å². The fourth-order valence-corrected chi connectivity index (χ4v) is 8.92. The minimum atomic E-state index is 0.00580. The van der Waals surface area contributed by atoms with Crippen molar-refractivity contribution < 1.29 is 19.1 Å². The molecule has 364 valence electrons. The van der Waals surface area contributed by atoms with E-state index >= 15 is 0 Å². The summed E-state index contributed by atoms with van der Waals surface area (Å²) in [4.78, 5) is 28.1. The number of hydrogen-bond donors (Lipinski definition) is 1. The van der Waals surface area contributed by atoms with E-state index in [1.54, 1.807) is 0 Å². The van der Waals surface area contributed by atoms with Gasteiger partial charge in [0, 0.05) is 25.9 Å². The van der Waals surface area contributed by atoms with Gasteiger partial charge < -0.3 is 19.7 Å². The third-order valence-corrected chi connectivity index (χ3v) is 13.2. The molecule has 2 atom stereocenters. The molecule has 0 aliphatic heterocycles. The molecular formula is C55H110N2O4. The Balaban J connectivity index is 4.43. The summed E-state index contributed by atoms with van der Waals surface area (Å²) in [6.45, 7) is 14.5. The first-order chi connectivity index (χ1) is 30.0. The van der Waals surface area contributed by atoms with E-state index in [0.29, 0.717) is 37.9 Å². The Labute approximate surface area is 382 Å². The number of esters is 2. The van der Waals surface area contributed by atoms with Crippen LogP contribution in [0, 0.1) is 11.8 Å². The number of unbranched alkanes of at least 4 members (excludes halogenated alkanes) is 28. The van der Waals surface area contributed by atoms with Crippen molar-refractivity contribution in [3.05, 3.63) is 0 Å². The smallest absolute Gasteiger partial charge is 0.305 e. The van der Waals surface area contributed by atoms with Crippen molar-refractivity contribution in [3.63, 3.8) is 0 Å². The summed E-state index contributed by atoms with van der Waals surface area (Å²) >= 11 is 0. The van der Waals surface area contributed by atoms with Crippen LogP contribution in [0.2, 0.25) is 0 Å². The number of ether oxygens (including phenoxy) is 2. The van der Waals surface area contributed by atoms with Crippen LogP contribution in [0.15, 0.2) is 0 Å². The van der Waals surface area contributed by atoms with Crippen LogP contribution in [-0.4, -0.2) is 63.3 Å². The van der Waals surface area contributed by atoms with Gasteiger partial charge in [-0.25, -0.2) is 0 Å². The van der Waals surface area contributed by atoms with Crippen molar-refractivity contribution in [1.82, 2.24) is 10.2 Å². The predicted octanol–water partition coefficient (Wildman–Crippen LogP) is 16.5. The van der Waals surface area contributed by atoms with Crippen molar-refractivity contribution in [3.8, 4) is 0 Å². The molecule has 1 N–H and O–H groups in total. The number of carbonyl (C=O) groups excluding carboxylic acids is 2. The Kier molecular flexibility index (Phi) is 48.9. The maximum Gasteiger partial charge on any atom is 0.305 e. The second kappa shape index (κ2) is 49.9. The van der Waals surface area contributed by atoms with Crippen LogP contribution in [0.1, 0.15) is 285 Å². The summed E-state index contributed by atoms with van der Waals surface area (Å²) < 4.78 is 11.8. The molecule has 61 heavy (non-hydrogen) atoms. The van der Waals surface area contributed by atoms with Gasteiger partial charge in [0.05, 0.1) is 13.2 Å². The van der Waals surface area contributed by atoms with Crippen molar-refractivity contribution in [2.24, 2.45) is 11.8 Å². The van der Waals surface area contributed by atoms with Gasteiger partial charge in [0.25, 0.3) is 0 Å². The lowest BCUT2D eigenvalue weighted by atomic mass is 9.94. The summed E-state index contributed by atoms with van der Waals surface area (Å²) in [6, 6.07) is 0. The van der Waals surface area contributed by atoms with Crippen molar-refractivity contribution in [2.45, 2.75) is 285 Å². The summed E-state index contributed by atoms with van der Waals surface area (Å²) in [5.41, 5.74) is 0. The summed E-state index contributed by atoms with van der Waals surface area (Å²) in [5.74, 6) is 1.07. The van der Waals surface area contributed by atoms with Gasteiger partial charge in [-0.05, 0) is 83.3 Å². The Bertz CT molecular complexity index is 818. The molecule has 0 aromatic carbocycles. The number of nitrogens with zero attached hydrogens (tertiary/aromatic N) is 1. The first kappa shape index (κ1) is 59.9. The molecule has 2 unspecified atom stereocenters. The van der Waals surface area contributed by atoms with E-state index < -0.39 is 0 Å². The Hall–Kier alpha value is -1.14. The van der Waals surface area contributed by atoms with E-state index in [1.807, 2.05) is 7.05 Å². The Morgan fingerprint density at radius 1 is 0.377 bits per heavy atom. The molecule has 0 aliphatic carbocycles. The fourth-order valence-electron chi connectivity index (χ4n) is 8.92. The highest BCUT2D eigenvalue weighted by Crippen LogP contribution is 2.22. The van der Waals surface area contributed by atoms with Gasteiger partial charge >= 0.3 is 11.9 Å². The summed E-state index contributed by atoms with van der Waals surface area (Å²) in [6.07, 6.45) is 49.7. The average Bonchev–Trinajstić information content (AvgIpc) is 3.26. The molecule has 0 rings (SSSR count). The minimum absolute atomic E-state index is 0.00580. The molecule has 0 saturated heterocycles. The number of hydrogen-bond acceptors (Lipinski definition) is 6. The Morgan fingerprint density at radius 3 is 0.951 bits per heavy atom. The molecule has 0 amide bonds. The molecule has 0 aromatic heterocycles. The lowest BCUT2D eigenvalue weighted by Gasteiger charge is -2.22. The van der Waals surface area contributed by atoms with E-state index in [0.717, 1.165) is 64.7 Å². The van der Waals surface area contributed by atoms with Crippen LogP contribution < -0.4 is 5.32 Å². The zero-order valence-electron chi connectivity index (χ0n) is 42.3. The third kappa shape index (κ3) is 45.2. The molecule has 0 spiro atoms. The molecule has 0 aliphatic rings. The van der Waals surface area contributed by atoms with E-state index in [-0.39, 0.29) is 11.9 Å². The largest absolute Gasteiger partial charge is 0.465 e. The highest BCUT2D eigenvalue weighted by molar-refractivity contribution is 5.69. The second-order valence-electron chi connectivity index (χ2n) is 19.3. The number of likely N-dealkylation sites (N-methyl/N-ethyl adjacent to an activating group) is 1. The fraction of sp³-hybridized carbons (Fsp3) is 0.964. The topological polar surface area (TPSA) is 67.9 Å². The predicted molar refractivity (Wildman–Crippen MR) is 267 cm³/mol. The van der Waals surface area contributed by atoms with Crippen molar-refractivity contribution >= 4 is 11.9 Å². The highest BCUT2D eigenvalue weighted by atomic mass is 16.5. The maximum absolute atomic E-state index is 12.8. The normalized spacial score (nSPS) is 12.6. The Morgan fingerprint density at radius 2 is 0.656 bits per heavy atom. The molecular weight excluding hydrogens is 753 g/mol. The molecule has 0 aromatic rings. The first-order valence-electron chi connectivity index (χ1n) is 27.7. The van der Waals surface area contributed by atoms with E-state index in [9.17, 15) is 9.59 Å². The van der Waals surface area contributed by atoms with E-state index in [2.05, 4.69) is 37.9 Å². The van der Waals surface area contributed by atoms with Gasteiger partial charge in [-0.2, -0.15) is 0 Å². The summed E-state index contributed by atoms with van der Waals surface area (Å²) in [7, 11) is 2.02. The number of rotatable bonds is 51. The molecule has 0 saturated carbocycles. The SMILES string of the molecule is CCCCCCCCCCC(CCCCCCCC)COC(=O)CCCCCN(CCCCCC(=O)OCC(CCCCCCCC)CCCCCCCCCC)CCNC. The number of nitrogens with one attached hydrogen (secondary N) is 1. The van der Waals surface area contributed by atoms with Crippen LogP contribution in [-0.2, 0) is 19.1 Å². The van der Waals surface area contributed by atoms with Crippen molar-refractivity contribution in [1.29, 1.82) is 0 Å². The molecule has 0 radical (unpaired) electrons. The minimum Gasteiger partial charge on any atom is -0.465 e. The van der Waals surface area contributed by atoms with E-state index in [1.165, 1.54) is 205 Å². The number of carbonyl (C=O) groups is 2. The zero-order chi connectivity index (χ0) is 44.5. The monoisotopic (exact) mass is 863 g/mol. The van der Waals surface area contributed by atoms with Gasteiger partial charge in [0.1, 0.15) is 0 Å². The lowest BCUT2D eigenvalue weighted by Crippen LogP contribution is -2.32. The van der Waals surface area contributed by atoms with Crippen LogP contribution in [0.4, 0.5) is 0 Å². The maximum atomic E-state index is 12.8. The lowest BCUT2D eigenvalue weighted by molar-refractivity contribution is -0.146. The quantitative estimate of drug-likeness (QED) is 0.0485. The average molecular weight is 863 g/mol. The molecule has 0 bridgehead atoms.